The molecule has 0 fully saturated rings. The summed E-state index contributed by atoms with van der Waals surface area (Å²) in [6.07, 6.45) is -4.61. The zero-order chi connectivity index (χ0) is 9.02. The van der Waals surface area contributed by atoms with Crippen LogP contribution in [0, 0.1) is 0 Å². The van der Waals surface area contributed by atoms with Gasteiger partial charge in [0.25, 0.3) is 0 Å². The van der Waals surface area contributed by atoms with Crippen LogP contribution in [0.25, 0.3) is 0 Å². The normalized spacial score (nSPS) is 19.9. The predicted molar refractivity (Wildman–Crippen MR) is 38.8 cm³/mol. The van der Waals surface area contributed by atoms with E-state index in [9.17, 15) is 0 Å². The van der Waals surface area contributed by atoms with Gasteiger partial charge in [0.2, 0.25) is 0 Å². The van der Waals surface area contributed by atoms with Crippen molar-refractivity contribution in [3.05, 3.63) is 0 Å². The first-order valence-corrected chi connectivity index (χ1v) is 3.40. The van der Waals surface area contributed by atoms with Crippen molar-refractivity contribution in [1.82, 2.24) is 5.32 Å². The van der Waals surface area contributed by atoms with E-state index in [2.05, 4.69) is 5.32 Å². The Kier molecular flexibility index (Phi) is 4.55. The first kappa shape index (κ1) is 10.8. The summed E-state index contributed by atoms with van der Waals surface area (Å²) >= 11 is 0. The number of aliphatic hydroxyl groups excluding tert-OH is 3. The molecule has 0 amide bonds. The van der Waals surface area contributed by atoms with Crippen LogP contribution in [0.1, 0.15) is 6.92 Å². The third kappa shape index (κ3) is 3.13. The van der Waals surface area contributed by atoms with Crippen molar-refractivity contribution in [2.24, 2.45) is 0 Å². The highest BCUT2D eigenvalue weighted by atomic mass is 16.5. The van der Waals surface area contributed by atoms with Crippen molar-refractivity contribution in [1.29, 1.82) is 0 Å². The van der Waals surface area contributed by atoms with Gasteiger partial charge in [-0.3, -0.25) is 0 Å². The fourth-order valence-corrected chi connectivity index (χ4v) is 0.643. The van der Waals surface area contributed by atoms with Gasteiger partial charge in [0.15, 0.2) is 6.29 Å². The maximum Gasteiger partial charge on any atom is 0.180 e. The lowest BCUT2D eigenvalue weighted by Crippen LogP contribution is -2.47. The number of aliphatic hydroxyl groups is 4. The summed E-state index contributed by atoms with van der Waals surface area (Å²) in [5.41, 5.74) is 0. The van der Waals surface area contributed by atoms with E-state index in [0.717, 1.165) is 0 Å². The molecule has 11 heavy (non-hydrogen) atoms. The Balaban J connectivity index is 3.90. The molecule has 0 aliphatic heterocycles. The molecule has 0 aromatic rings. The molecule has 0 radical (unpaired) electrons. The van der Waals surface area contributed by atoms with Gasteiger partial charge >= 0.3 is 0 Å². The zero-order valence-electron chi connectivity index (χ0n) is 6.60. The average molecular weight is 165 g/mol. The fourth-order valence-electron chi connectivity index (χ4n) is 0.643. The Labute approximate surface area is 65.3 Å². The van der Waals surface area contributed by atoms with Crippen molar-refractivity contribution in [2.75, 3.05) is 7.05 Å². The Morgan fingerprint density at radius 3 is 1.73 bits per heavy atom. The predicted octanol–water partition coefficient (Wildman–Crippen LogP) is -2.37. The van der Waals surface area contributed by atoms with Gasteiger partial charge < -0.3 is 25.7 Å². The molecule has 0 bridgehead atoms. The molecular weight excluding hydrogens is 150 g/mol. The lowest BCUT2D eigenvalue weighted by atomic mass is 10.1. The summed E-state index contributed by atoms with van der Waals surface area (Å²) in [6.45, 7) is 1.62. The Hall–Kier alpha value is -0.200. The molecule has 3 atom stereocenters. The SMILES string of the molecule is CNC(C)C(O)C(O)C(O)O. The van der Waals surface area contributed by atoms with Gasteiger partial charge in [-0.15, -0.1) is 0 Å². The standard InChI is InChI=1S/C6H15NO4/c1-3(7-2)4(8)5(9)6(10)11/h3-11H,1-2H3. The van der Waals surface area contributed by atoms with Gasteiger partial charge in [-0.25, -0.2) is 0 Å². The van der Waals surface area contributed by atoms with E-state index in [1.54, 1.807) is 14.0 Å². The van der Waals surface area contributed by atoms with E-state index in [-0.39, 0.29) is 6.04 Å². The summed E-state index contributed by atoms with van der Waals surface area (Å²) in [7, 11) is 1.60. The second-order valence-electron chi connectivity index (χ2n) is 2.47. The fraction of sp³-hybridized carbons (Fsp3) is 1.00. The van der Waals surface area contributed by atoms with Crippen LogP contribution in [0.4, 0.5) is 0 Å². The minimum Gasteiger partial charge on any atom is -0.389 e. The Morgan fingerprint density at radius 2 is 1.45 bits per heavy atom. The molecule has 5 heteroatoms. The van der Waals surface area contributed by atoms with Crippen LogP contribution in [0.2, 0.25) is 0 Å². The van der Waals surface area contributed by atoms with Crippen LogP contribution in [0.5, 0.6) is 0 Å². The maximum atomic E-state index is 9.12. The average Bonchev–Trinajstić information content (AvgIpc) is 2.00. The molecule has 0 saturated heterocycles. The van der Waals surface area contributed by atoms with E-state index in [4.69, 9.17) is 20.4 Å². The Bertz CT molecular complexity index is 109. The molecule has 0 heterocycles. The summed E-state index contributed by atoms with van der Waals surface area (Å²) in [5, 5.41) is 37.6. The van der Waals surface area contributed by atoms with E-state index in [0.29, 0.717) is 0 Å². The number of likely N-dealkylation sites (N-methyl/N-ethyl adjacent to an activating group) is 1. The second-order valence-corrected chi connectivity index (χ2v) is 2.47. The molecule has 0 aliphatic rings. The van der Waals surface area contributed by atoms with Crippen molar-refractivity contribution < 1.29 is 20.4 Å². The lowest BCUT2D eigenvalue weighted by molar-refractivity contribution is -0.161. The van der Waals surface area contributed by atoms with Crippen molar-refractivity contribution >= 4 is 0 Å². The number of rotatable bonds is 4. The highest BCUT2D eigenvalue weighted by Crippen LogP contribution is 2.01. The summed E-state index contributed by atoms with van der Waals surface area (Å²) < 4.78 is 0. The van der Waals surface area contributed by atoms with Gasteiger partial charge in [-0.1, -0.05) is 0 Å². The third-order valence-electron chi connectivity index (χ3n) is 1.62. The van der Waals surface area contributed by atoms with E-state index >= 15 is 0 Å². The lowest BCUT2D eigenvalue weighted by Gasteiger charge is -2.24. The summed E-state index contributed by atoms with van der Waals surface area (Å²) in [4.78, 5) is 0. The molecular formula is C6H15NO4. The number of hydrogen-bond acceptors (Lipinski definition) is 5. The van der Waals surface area contributed by atoms with Crippen molar-refractivity contribution in [3.63, 3.8) is 0 Å². The first-order valence-electron chi connectivity index (χ1n) is 3.40. The van der Waals surface area contributed by atoms with Crippen LogP contribution < -0.4 is 5.32 Å². The third-order valence-corrected chi connectivity index (χ3v) is 1.62. The second kappa shape index (κ2) is 4.63. The molecule has 5 N–H and O–H groups in total. The van der Waals surface area contributed by atoms with Crippen LogP contribution in [-0.2, 0) is 0 Å². The van der Waals surface area contributed by atoms with Crippen LogP contribution in [0.15, 0.2) is 0 Å². The van der Waals surface area contributed by atoms with Crippen LogP contribution in [-0.4, -0.2) is 52.0 Å². The first-order chi connectivity index (χ1) is 5.00. The molecule has 5 nitrogen and oxygen atoms in total. The van der Waals surface area contributed by atoms with Gasteiger partial charge in [0, 0.05) is 6.04 Å². The molecule has 3 unspecified atom stereocenters. The van der Waals surface area contributed by atoms with Gasteiger partial charge in [0.05, 0.1) is 6.10 Å². The van der Waals surface area contributed by atoms with E-state index in [1.807, 2.05) is 0 Å². The molecule has 0 aromatic heterocycles. The monoisotopic (exact) mass is 165 g/mol. The molecule has 0 saturated carbocycles. The quantitative estimate of drug-likeness (QED) is 0.300. The van der Waals surface area contributed by atoms with E-state index in [1.165, 1.54) is 0 Å². The zero-order valence-corrected chi connectivity index (χ0v) is 6.60. The largest absolute Gasteiger partial charge is 0.389 e. The van der Waals surface area contributed by atoms with Crippen LogP contribution >= 0.6 is 0 Å². The minimum absolute atomic E-state index is 0.383. The highest BCUT2D eigenvalue weighted by molar-refractivity contribution is 4.77. The summed E-state index contributed by atoms with van der Waals surface area (Å²) in [6, 6.07) is -0.383. The Morgan fingerprint density at radius 1 is 1.00 bits per heavy atom. The smallest absolute Gasteiger partial charge is 0.180 e. The minimum atomic E-state index is -1.90. The molecule has 0 aromatic carbocycles. The van der Waals surface area contributed by atoms with Gasteiger partial charge in [-0.2, -0.15) is 0 Å². The van der Waals surface area contributed by atoms with Crippen molar-refractivity contribution in [3.8, 4) is 0 Å². The highest BCUT2D eigenvalue weighted by Gasteiger charge is 2.26. The molecule has 0 rings (SSSR count). The molecule has 0 aliphatic carbocycles. The molecule has 68 valence electrons. The maximum absolute atomic E-state index is 9.12. The van der Waals surface area contributed by atoms with Crippen LogP contribution in [0.3, 0.4) is 0 Å². The molecule has 0 spiro atoms. The van der Waals surface area contributed by atoms with Gasteiger partial charge in [-0.05, 0) is 14.0 Å². The number of hydrogen-bond donors (Lipinski definition) is 5. The number of nitrogens with one attached hydrogen (secondary N) is 1. The van der Waals surface area contributed by atoms with Gasteiger partial charge in [0.1, 0.15) is 6.10 Å². The topological polar surface area (TPSA) is 93.0 Å². The summed E-state index contributed by atoms with van der Waals surface area (Å²) in [5.74, 6) is 0. The van der Waals surface area contributed by atoms with E-state index < -0.39 is 18.5 Å². The van der Waals surface area contributed by atoms with Crippen molar-refractivity contribution in [2.45, 2.75) is 31.5 Å².